The van der Waals surface area contributed by atoms with Crippen LogP contribution in [0.4, 0.5) is 0 Å². The summed E-state index contributed by atoms with van der Waals surface area (Å²) in [5.41, 5.74) is 2.44. The van der Waals surface area contributed by atoms with E-state index in [0.29, 0.717) is 12.5 Å². The lowest BCUT2D eigenvalue weighted by Gasteiger charge is -2.18. The molecule has 0 radical (unpaired) electrons. The molecule has 0 bridgehead atoms. The van der Waals surface area contributed by atoms with Crippen molar-refractivity contribution in [3.8, 4) is 0 Å². The zero-order valence-electron chi connectivity index (χ0n) is 11.8. The maximum Gasteiger partial charge on any atom is 0.257 e. The van der Waals surface area contributed by atoms with Gasteiger partial charge in [0, 0.05) is 31.7 Å². The van der Waals surface area contributed by atoms with E-state index < -0.39 is 0 Å². The van der Waals surface area contributed by atoms with Gasteiger partial charge in [-0.15, -0.1) is 0 Å². The van der Waals surface area contributed by atoms with Gasteiger partial charge in [-0.2, -0.15) is 5.10 Å². The number of aromatic nitrogens is 2. The Bertz CT molecular complexity index is 523. The van der Waals surface area contributed by atoms with Gasteiger partial charge in [0.05, 0.1) is 17.4 Å². The number of aliphatic hydroxyl groups is 1. The lowest BCUT2D eigenvalue weighted by molar-refractivity contribution is 0.0751. The maximum atomic E-state index is 12.6. The van der Waals surface area contributed by atoms with Gasteiger partial charge in [-0.1, -0.05) is 0 Å². The van der Waals surface area contributed by atoms with Crippen LogP contribution in [0.1, 0.15) is 34.6 Å². The minimum atomic E-state index is -0.223. The lowest BCUT2D eigenvalue weighted by Crippen LogP contribution is -2.31. The molecule has 104 valence electrons. The number of fused-ring (bicyclic) bond motifs is 1. The third kappa shape index (κ3) is 1.87. The average Bonchev–Trinajstić information content (AvgIpc) is 2.97. The third-order valence-corrected chi connectivity index (χ3v) is 4.83. The van der Waals surface area contributed by atoms with Gasteiger partial charge >= 0.3 is 0 Å². The molecule has 0 aromatic carbocycles. The van der Waals surface area contributed by atoms with Crippen LogP contribution in [0.2, 0.25) is 0 Å². The van der Waals surface area contributed by atoms with Crippen molar-refractivity contribution < 1.29 is 9.90 Å². The Kier molecular flexibility index (Phi) is 2.89. The number of rotatable bonds is 1. The van der Waals surface area contributed by atoms with Crippen molar-refractivity contribution in [3.05, 3.63) is 17.0 Å². The Morgan fingerprint density at radius 3 is 2.63 bits per heavy atom. The van der Waals surface area contributed by atoms with Gasteiger partial charge < -0.3 is 10.0 Å². The van der Waals surface area contributed by atoms with Crippen LogP contribution >= 0.6 is 0 Å². The molecule has 3 unspecified atom stereocenters. The van der Waals surface area contributed by atoms with Crippen molar-refractivity contribution in [2.24, 2.45) is 18.9 Å². The number of likely N-dealkylation sites (tertiary alicyclic amines) is 1. The first-order valence-corrected chi connectivity index (χ1v) is 6.96. The first-order chi connectivity index (χ1) is 8.99. The molecule has 1 N–H and O–H groups in total. The quantitative estimate of drug-likeness (QED) is 0.818. The van der Waals surface area contributed by atoms with E-state index in [-0.39, 0.29) is 17.9 Å². The zero-order chi connectivity index (χ0) is 13.7. The number of carbonyl (C=O) groups is 1. The molecule has 1 aliphatic heterocycles. The Hall–Kier alpha value is -1.36. The highest BCUT2D eigenvalue weighted by Crippen LogP contribution is 2.38. The zero-order valence-corrected chi connectivity index (χ0v) is 11.8. The van der Waals surface area contributed by atoms with E-state index in [9.17, 15) is 9.90 Å². The molecule has 1 saturated heterocycles. The van der Waals surface area contributed by atoms with Gasteiger partial charge in [-0.05, 0) is 32.6 Å². The summed E-state index contributed by atoms with van der Waals surface area (Å²) in [5.74, 6) is 0.835. The molecular formula is C14H21N3O2. The minimum Gasteiger partial charge on any atom is -0.393 e. The fraction of sp³-hybridized carbons (Fsp3) is 0.714. The molecule has 5 nitrogen and oxygen atoms in total. The van der Waals surface area contributed by atoms with Gasteiger partial charge in [0.1, 0.15) is 0 Å². The van der Waals surface area contributed by atoms with Crippen molar-refractivity contribution in [2.75, 3.05) is 13.1 Å². The summed E-state index contributed by atoms with van der Waals surface area (Å²) in [6.07, 6.45) is 1.71. The summed E-state index contributed by atoms with van der Waals surface area (Å²) in [6.45, 7) is 5.29. The average molecular weight is 263 g/mol. The largest absolute Gasteiger partial charge is 0.393 e. The lowest BCUT2D eigenvalue weighted by atomic mass is 10.00. The molecule has 2 aliphatic rings. The summed E-state index contributed by atoms with van der Waals surface area (Å²) >= 11 is 0. The van der Waals surface area contributed by atoms with E-state index in [0.717, 1.165) is 36.3 Å². The fourth-order valence-electron chi connectivity index (χ4n) is 3.64. The van der Waals surface area contributed by atoms with Gasteiger partial charge in [0.25, 0.3) is 5.91 Å². The molecular weight excluding hydrogens is 242 g/mol. The van der Waals surface area contributed by atoms with Gasteiger partial charge in [0.2, 0.25) is 0 Å². The van der Waals surface area contributed by atoms with Crippen LogP contribution in [0.15, 0.2) is 0 Å². The number of aliphatic hydroxyl groups excluding tert-OH is 1. The van der Waals surface area contributed by atoms with E-state index in [4.69, 9.17) is 0 Å². The van der Waals surface area contributed by atoms with Gasteiger partial charge in [-0.3, -0.25) is 9.48 Å². The third-order valence-electron chi connectivity index (χ3n) is 4.83. The van der Waals surface area contributed by atoms with Crippen LogP contribution in [0.3, 0.4) is 0 Å². The van der Waals surface area contributed by atoms with Gasteiger partial charge in [-0.25, -0.2) is 0 Å². The summed E-state index contributed by atoms with van der Waals surface area (Å²) in [6, 6.07) is 0. The molecule has 3 atom stereocenters. The number of aryl methyl sites for hydroxylation is 2. The summed E-state index contributed by atoms with van der Waals surface area (Å²) in [5, 5.41) is 14.2. The van der Waals surface area contributed by atoms with Crippen molar-refractivity contribution in [2.45, 2.75) is 32.8 Å². The van der Waals surface area contributed by atoms with Crippen LogP contribution < -0.4 is 0 Å². The van der Waals surface area contributed by atoms with E-state index in [1.807, 2.05) is 25.8 Å². The van der Waals surface area contributed by atoms with E-state index in [2.05, 4.69) is 5.10 Å². The molecule has 2 heterocycles. The second-order valence-corrected chi connectivity index (χ2v) is 5.95. The molecule has 3 rings (SSSR count). The highest BCUT2D eigenvalue weighted by atomic mass is 16.3. The molecule has 1 saturated carbocycles. The van der Waals surface area contributed by atoms with Crippen LogP contribution in [-0.2, 0) is 7.05 Å². The molecule has 2 fully saturated rings. The Balaban J connectivity index is 1.82. The highest BCUT2D eigenvalue weighted by molar-refractivity contribution is 5.96. The normalized spacial score (nSPS) is 29.9. The van der Waals surface area contributed by atoms with Crippen molar-refractivity contribution >= 4 is 5.91 Å². The van der Waals surface area contributed by atoms with Crippen LogP contribution in [0, 0.1) is 25.7 Å². The number of nitrogens with zero attached hydrogens (tertiary/aromatic N) is 3. The molecule has 0 spiro atoms. The Labute approximate surface area is 113 Å². The number of hydrogen-bond acceptors (Lipinski definition) is 3. The van der Waals surface area contributed by atoms with Crippen molar-refractivity contribution in [1.82, 2.24) is 14.7 Å². The van der Waals surface area contributed by atoms with Crippen LogP contribution in [0.5, 0.6) is 0 Å². The molecule has 5 heteroatoms. The van der Waals surface area contributed by atoms with Crippen LogP contribution in [-0.4, -0.2) is 44.9 Å². The van der Waals surface area contributed by atoms with Crippen molar-refractivity contribution in [3.63, 3.8) is 0 Å². The molecule has 1 aromatic heterocycles. The highest BCUT2D eigenvalue weighted by Gasteiger charge is 2.43. The topological polar surface area (TPSA) is 58.4 Å². The molecule has 1 aromatic rings. The maximum absolute atomic E-state index is 12.6. The number of amides is 1. The summed E-state index contributed by atoms with van der Waals surface area (Å²) in [4.78, 5) is 14.5. The molecule has 1 amide bonds. The van der Waals surface area contributed by atoms with Gasteiger partial charge in [0.15, 0.2) is 0 Å². The SMILES string of the molecule is Cc1nn(C)c(C)c1C(=O)N1CC2CCC(O)C2C1. The predicted molar refractivity (Wildman–Crippen MR) is 70.8 cm³/mol. The first kappa shape index (κ1) is 12.7. The van der Waals surface area contributed by atoms with Crippen LogP contribution in [0.25, 0.3) is 0 Å². The number of carbonyl (C=O) groups excluding carboxylic acids is 1. The Morgan fingerprint density at radius 2 is 2.05 bits per heavy atom. The fourth-order valence-corrected chi connectivity index (χ4v) is 3.64. The Morgan fingerprint density at radius 1 is 1.32 bits per heavy atom. The summed E-state index contributed by atoms with van der Waals surface area (Å²) in [7, 11) is 1.86. The molecule has 1 aliphatic carbocycles. The van der Waals surface area contributed by atoms with E-state index >= 15 is 0 Å². The monoisotopic (exact) mass is 263 g/mol. The predicted octanol–water partition coefficient (Wildman–Crippen LogP) is 0.880. The first-order valence-electron chi connectivity index (χ1n) is 6.96. The standard InChI is InChI=1S/C14H21N3O2/c1-8-13(9(2)16(3)15-8)14(19)17-6-10-4-5-12(18)11(10)7-17/h10-12,18H,4-7H2,1-3H3. The molecule has 19 heavy (non-hydrogen) atoms. The summed E-state index contributed by atoms with van der Waals surface area (Å²) < 4.78 is 1.76. The van der Waals surface area contributed by atoms with E-state index in [1.165, 1.54) is 0 Å². The van der Waals surface area contributed by atoms with Crippen molar-refractivity contribution in [1.29, 1.82) is 0 Å². The second-order valence-electron chi connectivity index (χ2n) is 5.95. The van der Waals surface area contributed by atoms with E-state index in [1.54, 1.807) is 4.68 Å². The second kappa shape index (κ2) is 4.34. The number of hydrogen-bond donors (Lipinski definition) is 1. The smallest absolute Gasteiger partial charge is 0.257 e. The minimum absolute atomic E-state index is 0.0738.